The Kier molecular flexibility index (Phi) is 4.87. The largest absolute Gasteiger partial charge is 0.486 e. The van der Waals surface area contributed by atoms with Crippen LogP contribution in [0.3, 0.4) is 0 Å². The van der Waals surface area contributed by atoms with Gasteiger partial charge in [-0.05, 0) is 25.5 Å². The first-order valence-corrected chi connectivity index (χ1v) is 7.90. The van der Waals surface area contributed by atoms with Crippen molar-refractivity contribution in [1.82, 2.24) is 5.16 Å². The average Bonchev–Trinajstić information content (AvgIpc) is 3.00. The third kappa shape index (κ3) is 3.73. The normalized spacial score (nSPS) is 12.6. The van der Waals surface area contributed by atoms with Crippen molar-refractivity contribution in [2.75, 3.05) is 25.1 Å². The summed E-state index contributed by atoms with van der Waals surface area (Å²) in [6, 6.07) is 5.06. The van der Waals surface area contributed by atoms with Crippen LogP contribution in [0.15, 0.2) is 22.7 Å². The van der Waals surface area contributed by atoms with Gasteiger partial charge in [-0.1, -0.05) is 12.1 Å². The SMILES string of the molecule is CCc1noc(C)c1C(=O)OCC(=O)Nc1ccc2c(c1)OCCO2. The smallest absolute Gasteiger partial charge is 0.344 e. The molecule has 3 rings (SSSR count). The predicted molar refractivity (Wildman–Crippen MR) is 87.0 cm³/mol. The van der Waals surface area contributed by atoms with Gasteiger partial charge in [0.15, 0.2) is 18.1 Å². The third-order valence-corrected chi connectivity index (χ3v) is 3.63. The molecule has 8 nitrogen and oxygen atoms in total. The minimum atomic E-state index is -0.632. The maximum atomic E-state index is 12.1. The van der Waals surface area contributed by atoms with Gasteiger partial charge in [-0.3, -0.25) is 4.79 Å². The highest BCUT2D eigenvalue weighted by molar-refractivity contribution is 5.96. The zero-order valence-electron chi connectivity index (χ0n) is 14.0. The second-order valence-electron chi connectivity index (χ2n) is 5.40. The molecule has 0 radical (unpaired) electrons. The highest BCUT2D eigenvalue weighted by atomic mass is 16.6. The number of aromatic nitrogens is 1. The van der Waals surface area contributed by atoms with Crippen molar-refractivity contribution in [3.8, 4) is 11.5 Å². The van der Waals surface area contributed by atoms with E-state index in [9.17, 15) is 9.59 Å². The Morgan fingerprint density at radius 2 is 2.00 bits per heavy atom. The van der Waals surface area contributed by atoms with Crippen LogP contribution in [0.1, 0.15) is 28.7 Å². The van der Waals surface area contributed by atoms with Crippen LogP contribution in [-0.4, -0.2) is 36.9 Å². The number of nitrogens with one attached hydrogen (secondary N) is 1. The first kappa shape index (κ1) is 16.8. The van der Waals surface area contributed by atoms with E-state index in [-0.39, 0.29) is 5.56 Å². The molecule has 1 aromatic heterocycles. The summed E-state index contributed by atoms with van der Waals surface area (Å²) in [6.07, 6.45) is 0.533. The van der Waals surface area contributed by atoms with Crippen molar-refractivity contribution in [3.05, 3.63) is 35.2 Å². The molecule has 132 valence electrons. The van der Waals surface area contributed by atoms with Crippen LogP contribution >= 0.6 is 0 Å². The van der Waals surface area contributed by atoms with Crippen LogP contribution < -0.4 is 14.8 Å². The van der Waals surface area contributed by atoms with E-state index < -0.39 is 18.5 Å². The Hall–Kier alpha value is -3.03. The molecule has 1 amide bonds. The van der Waals surface area contributed by atoms with E-state index in [1.807, 2.05) is 6.92 Å². The number of amides is 1. The number of anilines is 1. The lowest BCUT2D eigenvalue weighted by Gasteiger charge is -2.19. The van der Waals surface area contributed by atoms with Crippen LogP contribution in [-0.2, 0) is 16.0 Å². The first-order valence-electron chi connectivity index (χ1n) is 7.90. The molecule has 1 aliphatic heterocycles. The minimum Gasteiger partial charge on any atom is -0.486 e. The molecule has 0 saturated carbocycles. The molecule has 0 aliphatic carbocycles. The third-order valence-electron chi connectivity index (χ3n) is 3.63. The lowest BCUT2D eigenvalue weighted by molar-refractivity contribution is -0.119. The molecule has 1 N–H and O–H groups in total. The molecule has 25 heavy (non-hydrogen) atoms. The molecule has 0 fully saturated rings. The number of benzene rings is 1. The lowest BCUT2D eigenvalue weighted by Crippen LogP contribution is -2.22. The molecule has 0 unspecified atom stereocenters. The molecule has 2 heterocycles. The number of rotatable bonds is 5. The fourth-order valence-corrected chi connectivity index (χ4v) is 2.44. The molecular weight excluding hydrogens is 328 g/mol. The average molecular weight is 346 g/mol. The van der Waals surface area contributed by atoms with Crippen LogP contribution in [0.25, 0.3) is 0 Å². The highest BCUT2D eigenvalue weighted by Gasteiger charge is 2.21. The van der Waals surface area contributed by atoms with Crippen LogP contribution in [0.5, 0.6) is 11.5 Å². The van der Waals surface area contributed by atoms with Gasteiger partial charge in [-0.15, -0.1) is 0 Å². The fraction of sp³-hybridized carbons (Fsp3) is 0.353. The zero-order chi connectivity index (χ0) is 17.8. The molecule has 2 aromatic rings. The van der Waals surface area contributed by atoms with E-state index in [2.05, 4.69) is 10.5 Å². The Morgan fingerprint density at radius 1 is 1.24 bits per heavy atom. The maximum absolute atomic E-state index is 12.1. The van der Waals surface area contributed by atoms with E-state index in [1.165, 1.54) is 0 Å². The number of hydrogen-bond acceptors (Lipinski definition) is 7. The van der Waals surface area contributed by atoms with Gasteiger partial charge in [0.05, 0.1) is 5.69 Å². The van der Waals surface area contributed by atoms with Crippen molar-refractivity contribution in [1.29, 1.82) is 0 Å². The number of carbonyl (C=O) groups is 2. The lowest BCUT2D eigenvalue weighted by atomic mass is 10.1. The number of carbonyl (C=O) groups excluding carboxylic acids is 2. The van der Waals surface area contributed by atoms with Gasteiger partial charge in [-0.2, -0.15) is 0 Å². The Balaban J connectivity index is 1.58. The van der Waals surface area contributed by atoms with Crippen molar-refractivity contribution in [3.63, 3.8) is 0 Å². The van der Waals surface area contributed by atoms with Crippen LogP contribution in [0.4, 0.5) is 5.69 Å². The summed E-state index contributed by atoms with van der Waals surface area (Å²) < 4.78 is 20.9. The standard InChI is InChI=1S/C17H18N2O6/c1-3-12-16(10(2)25-19-12)17(21)24-9-15(20)18-11-4-5-13-14(8-11)23-7-6-22-13/h4-5,8H,3,6-7,9H2,1-2H3,(H,18,20). The van der Waals surface area contributed by atoms with E-state index in [0.29, 0.717) is 48.3 Å². The van der Waals surface area contributed by atoms with Gasteiger partial charge in [-0.25, -0.2) is 4.79 Å². The number of aryl methyl sites for hydroxylation is 2. The maximum Gasteiger partial charge on any atom is 0.344 e. The van der Waals surface area contributed by atoms with Crippen molar-refractivity contribution in [2.45, 2.75) is 20.3 Å². The molecule has 1 aromatic carbocycles. The molecule has 0 saturated heterocycles. The summed E-state index contributed by atoms with van der Waals surface area (Å²) in [4.78, 5) is 24.1. The van der Waals surface area contributed by atoms with Gasteiger partial charge in [0, 0.05) is 11.8 Å². The second kappa shape index (κ2) is 7.25. The summed E-state index contributed by atoms with van der Waals surface area (Å²) in [7, 11) is 0. The number of ether oxygens (including phenoxy) is 3. The van der Waals surface area contributed by atoms with Crippen molar-refractivity contribution < 1.29 is 28.3 Å². The van der Waals surface area contributed by atoms with E-state index in [4.69, 9.17) is 18.7 Å². The van der Waals surface area contributed by atoms with Gasteiger partial charge >= 0.3 is 5.97 Å². The topological polar surface area (TPSA) is 99.9 Å². The molecule has 0 atom stereocenters. The van der Waals surface area contributed by atoms with Crippen LogP contribution in [0.2, 0.25) is 0 Å². The predicted octanol–water partition coefficient (Wildman–Crippen LogP) is 2.11. The molecular formula is C17H18N2O6. The molecule has 8 heteroatoms. The van der Waals surface area contributed by atoms with Gasteiger partial charge in [0.2, 0.25) is 0 Å². The minimum absolute atomic E-state index is 0.273. The van der Waals surface area contributed by atoms with E-state index in [0.717, 1.165) is 0 Å². The summed E-state index contributed by atoms with van der Waals surface area (Å²) in [5, 5.41) is 6.43. The summed E-state index contributed by atoms with van der Waals surface area (Å²) in [5.74, 6) is 0.471. The second-order valence-corrected chi connectivity index (χ2v) is 5.40. The molecule has 0 bridgehead atoms. The monoisotopic (exact) mass is 346 g/mol. The molecule has 1 aliphatic rings. The summed E-state index contributed by atoms with van der Waals surface area (Å²) in [5.41, 5.74) is 1.31. The van der Waals surface area contributed by atoms with Gasteiger partial charge in [0.1, 0.15) is 24.5 Å². The van der Waals surface area contributed by atoms with Gasteiger partial charge in [0.25, 0.3) is 5.91 Å². The van der Waals surface area contributed by atoms with Crippen molar-refractivity contribution in [2.24, 2.45) is 0 Å². The van der Waals surface area contributed by atoms with Crippen LogP contribution in [0, 0.1) is 6.92 Å². The number of fused-ring (bicyclic) bond motifs is 1. The van der Waals surface area contributed by atoms with Crippen molar-refractivity contribution >= 4 is 17.6 Å². The number of hydrogen-bond donors (Lipinski definition) is 1. The van der Waals surface area contributed by atoms with Gasteiger partial charge < -0.3 is 24.1 Å². The summed E-state index contributed by atoms with van der Waals surface area (Å²) in [6.45, 7) is 4.01. The van der Waals surface area contributed by atoms with E-state index >= 15 is 0 Å². The zero-order valence-corrected chi connectivity index (χ0v) is 14.0. The van der Waals surface area contributed by atoms with E-state index in [1.54, 1.807) is 25.1 Å². The fourth-order valence-electron chi connectivity index (χ4n) is 2.44. The molecule has 0 spiro atoms. The summed E-state index contributed by atoms with van der Waals surface area (Å²) >= 11 is 0. The number of esters is 1. The first-order chi connectivity index (χ1) is 12.1. The Labute approximate surface area is 144 Å². The number of nitrogens with zero attached hydrogens (tertiary/aromatic N) is 1. The Bertz CT molecular complexity index is 798. The quantitative estimate of drug-likeness (QED) is 0.828. The Morgan fingerprint density at radius 3 is 2.76 bits per heavy atom. The highest BCUT2D eigenvalue weighted by Crippen LogP contribution is 2.32.